The minimum Gasteiger partial charge on any atom is -0.317 e. The Kier molecular flexibility index (Phi) is 6.56. The summed E-state index contributed by atoms with van der Waals surface area (Å²) in [6.45, 7) is 2.12. The van der Waals surface area contributed by atoms with Crippen molar-refractivity contribution in [2.75, 3.05) is 13.1 Å². The number of hydrogen-bond acceptors (Lipinski definition) is 3. The number of rotatable bonds is 1. The van der Waals surface area contributed by atoms with Crippen LogP contribution < -0.4 is 11.0 Å². The molecule has 0 unspecified atom stereocenters. The number of piperidine rings is 1. The molecule has 4 nitrogen and oxygen atoms in total. The van der Waals surface area contributed by atoms with Crippen molar-refractivity contribution in [1.29, 1.82) is 0 Å². The van der Waals surface area contributed by atoms with Crippen molar-refractivity contribution in [3.8, 4) is 0 Å². The van der Waals surface area contributed by atoms with Gasteiger partial charge in [0.1, 0.15) is 0 Å². The van der Waals surface area contributed by atoms with Crippen LogP contribution in [0.15, 0.2) is 17.2 Å². The number of hydrogen-bond donors (Lipinski definition) is 2. The average molecular weight is 252 g/mol. The second-order valence-corrected chi connectivity index (χ2v) is 3.38. The van der Waals surface area contributed by atoms with Gasteiger partial charge in [-0.2, -0.15) is 0 Å². The number of halogens is 2. The molecule has 6 heteroatoms. The highest BCUT2D eigenvalue weighted by atomic mass is 35.5. The van der Waals surface area contributed by atoms with E-state index in [-0.39, 0.29) is 30.5 Å². The second kappa shape index (κ2) is 6.82. The fourth-order valence-corrected chi connectivity index (χ4v) is 1.73. The molecule has 1 aromatic rings. The molecule has 1 saturated heterocycles. The Morgan fingerprint density at radius 1 is 1.27 bits per heavy atom. The summed E-state index contributed by atoms with van der Waals surface area (Å²) in [6, 6.07) is 0. The van der Waals surface area contributed by atoms with Gasteiger partial charge in [0.2, 0.25) is 0 Å². The highest BCUT2D eigenvalue weighted by molar-refractivity contribution is 5.85. The normalized spacial score (nSPS) is 16.3. The first-order valence-electron chi connectivity index (χ1n) is 4.61. The van der Waals surface area contributed by atoms with E-state index in [0.29, 0.717) is 5.92 Å². The Bertz CT molecular complexity index is 316. The number of aromatic nitrogens is 2. The molecule has 2 N–H and O–H groups in total. The SMILES string of the molecule is Cl.Cl.O=c1ncc(C2CCNCC2)c[nH]1. The van der Waals surface area contributed by atoms with E-state index >= 15 is 0 Å². The molecule has 2 heterocycles. The maximum Gasteiger partial charge on any atom is 0.344 e. The van der Waals surface area contributed by atoms with E-state index in [0.717, 1.165) is 31.5 Å². The van der Waals surface area contributed by atoms with Crippen LogP contribution in [0.1, 0.15) is 24.3 Å². The molecule has 0 bridgehead atoms. The summed E-state index contributed by atoms with van der Waals surface area (Å²) in [5, 5.41) is 3.30. The Hall–Kier alpha value is -0.580. The van der Waals surface area contributed by atoms with Gasteiger partial charge in [0.25, 0.3) is 0 Å². The molecule has 0 spiro atoms. The smallest absolute Gasteiger partial charge is 0.317 e. The number of nitrogens with one attached hydrogen (secondary N) is 2. The van der Waals surface area contributed by atoms with Gasteiger partial charge in [-0.15, -0.1) is 24.8 Å². The van der Waals surface area contributed by atoms with E-state index in [1.807, 2.05) is 0 Å². The van der Waals surface area contributed by atoms with Gasteiger partial charge in [-0.1, -0.05) is 0 Å². The zero-order valence-electron chi connectivity index (χ0n) is 8.23. The fourth-order valence-electron chi connectivity index (χ4n) is 1.73. The van der Waals surface area contributed by atoms with Gasteiger partial charge in [-0.25, -0.2) is 9.78 Å². The van der Waals surface area contributed by atoms with E-state index in [1.54, 1.807) is 12.4 Å². The van der Waals surface area contributed by atoms with Crippen LogP contribution in [0.4, 0.5) is 0 Å². The van der Waals surface area contributed by atoms with Crippen LogP contribution in [0.25, 0.3) is 0 Å². The summed E-state index contributed by atoms with van der Waals surface area (Å²) >= 11 is 0. The van der Waals surface area contributed by atoms with E-state index < -0.39 is 0 Å². The van der Waals surface area contributed by atoms with Crippen molar-refractivity contribution in [2.45, 2.75) is 18.8 Å². The molecule has 0 amide bonds. The van der Waals surface area contributed by atoms with Crippen molar-refractivity contribution in [3.63, 3.8) is 0 Å². The lowest BCUT2D eigenvalue weighted by Crippen LogP contribution is -2.27. The van der Waals surface area contributed by atoms with Crippen molar-refractivity contribution in [2.24, 2.45) is 0 Å². The minimum absolute atomic E-state index is 0. The standard InChI is InChI=1S/C9H13N3O.2ClH/c13-9-11-5-8(6-12-9)7-1-3-10-4-2-7;;/h5-7,10H,1-4H2,(H,11,12,13);2*1H. The van der Waals surface area contributed by atoms with Crippen molar-refractivity contribution in [1.82, 2.24) is 15.3 Å². The molecule has 0 saturated carbocycles. The molecule has 0 atom stereocenters. The summed E-state index contributed by atoms with van der Waals surface area (Å²) < 4.78 is 0. The molecule has 0 aromatic carbocycles. The molecule has 1 aromatic heterocycles. The number of nitrogens with zero attached hydrogens (tertiary/aromatic N) is 1. The summed E-state index contributed by atoms with van der Waals surface area (Å²) in [5.74, 6) is 0.561. The highest BCUT2D eigenvalue weighted by Gasteiger charge is 2.14. The van der Waals surface area contributed by atoms with Gasteiger partial charge in [0, 0.05) is 12.4 Å². The lowest BCUT2D eigenvalue weighted by molar-refractivity contribution is 0.458. The fraction of sp³-hybridized carbons (Fsp3) is 0.556. The third-order valence-electron chi connectivity index (χ3n) is 2.50. The predicted molar refractivity (Wildman–Crippen MR) is 64.2 cm³/mol. The lowest BCUT2D eigenvalue weighted by atomic mass is 9.92. The van der Waals surface area contributed by atoms with Crippen LogP contribution in [-0.2, 0) is 0 Å². The number of aromatic amines is 1. The van der Waals surface area contributed by atoms with Gasteiger partial charge in [0.05, 0.1) is 0 Å². The van der Waals surface area contributed by atoms with Crippen LogP contribution in [0, 0.1) is 0 Å². The van der Waals surface area contributed by atoms with Crippen LogP contribution in [0.5, 0.6) is 0 Å². The van der Waals surface area contributed by atoms with E-state index in [1.165, 1.54) is 0 Å². The predicted octanol–water partition coefficient (Wildman–Crippen LogP) is 1.08. The quantitative estimate of drug-likeness (QED) is 0.786. The Balaban J connectivity index is 0.000000980. The number of H-pyrrole nitrogens is 1. The summed E-state index contributed by atoms with van der Waals surface area (Å²) in [5.41, 5.74) is 0.888. The van der Waals surface area contributed by atoms with Crippen molar-refractivity contribution < 1.29 is 0 Å². The zero-order valence-corrected chi connectivity index (χ0v) is 9.87. The molecule has 1 aliphatic heterocycles. The molecule has 0 radical (unpaired) electrons. The van der Waals surface area contributed by atoms with Gasteiger partial charge >= 0.3 is 5.69 Å². The van der Waals surface area contributed by atoms with Gasteiger partial charge in [-0.05, 0) is 37.4 Å². The Morgan fingerprint density at radius 2 is 1.93 bits per heavy atom. The Labute approximate surface area is 101 Å². The minimum atomic E-state index is -0.266. The van der Waals surface area contributed by atoms with Crippen LogP contribution >= 0.6 is 24.8 Å². The molecular weight excluding hydrogens is 237 g/mol. The molecule has 86 valence electrons. The first-order valence-corrected chi connectivity index (χ1v) is 4.61. The van der Waals surface area contributed by atoms with Crippen LogP contribution in [0.3, 0.4) is 0 Å². The van der Waals surface area contributed by atoms with E-state index in [9.17, 15) is 4.79 Å². The maximum atomic E-state index is 10.7. The average Bonchev–Trinajstić information content (AvgIpc) is 2.20. The summed E-state index contributed by atoms with van der Waals surface area (Å²) in [7, 11) is 0. The molecule has 1 aliphatic rings. The summed E-state index contributed by atoms with van der Waals surface area (Å²) in [4.78, 5) is 17.1. The van der Waals surface area contributed by atoms with Crippen LogP contribution in [-0.4, -0.2) is 23.1 Å². The van der Waals surface area contributed by atoms with Crippen LogP contribution in [0.2, 0.25) is 0 Å². The first kappa shape index (κ1) is 14.4. The molecule has 15 heavy (non-hydrogen) atoms. The second-order valence-electron chi connectivity index (χ2n) is 3.38. The lowest BCUT2D eigenvalue weighted by Gasteiger charge is -2.22. The van der Waals surface area contributed by atoms with Gasteiger partial charge < -0.3 is 10.3 Å². The topological polar surface area (TPSA) is 57.8 Å². The van der Waals surface area contributed by atoms with E-state index in [2.05, 4.69) is 15.3 Å². The van der Waals surface area contributed by atoms with Crippen molar-refractivity contribution >= 4 is 24.8 Å². The molecule has 2 rings (SSSR count). The summed E-state index contributed by atoms with van der Waals surface area (Å²) in [6.07, 6.45) is 5.74. The molecule has 1 fully saturated rings. The highest BCUT2D eigenvalue weighted by Crippen LogP contribution is 2.22. The monoisotopic (exact) mass is 251 g/mol. The van der Waals surface area contributed by atoms with Crippen molar-refractivity contribution in [3.05, 3.63) is 28.4 Å². The zero-order chi connectivity index (χ0) is 9.10. The third kappa shape index (κ3) is 3.81. The maximum absolute atomic E-state index is 10.7. The van der Waals surface area contributed by atoms with E-state index in [4.69, 9.17) is 0 Å². The van der Waals surface area contributed by atoms with Gasteiger partial charge in [0.15, 0.2) is 0 Å². The molecular formula is C9H15Cl2N3O. The van der Waals surface area contributed by atoms with Gasteiger partial charge in [-0.3, -0.25) is 0 Å². The largest absolute Gasteiger partial charge is 0.344 e. The molecule has 0 aliphatic carbocycles. The first-order chi connectivity index (χ1) is 6.36. The third-order valence-corrected chi connectivity index (χ3v) is 2.50. The Morgan fingerprint density at radius 3 is 2.47 bits per heavy atom.